The van der Waals surface area contributed by atoms with Crippen molar-refractivity contribution in [3.63, 3.8) is 0 Å². The van der Waals surface area contributed by atoms with Crippen LogP contribution in [0.5, 0.6) is 0 Å². The molecule has 0 fully saturated rings. The predicted octanol–water partition coefficient (Wildman–Crippen LogP) is 4.73. The summed E-state index contributed by atoms with van der Waals surface area (Å²) in [7, 11) is 0. The number of aromatic nitrogens is 2. The van der Waals surface area contributed by atoms with Crippen LogP contribution in [-0.2, 0) is 0 Å². The molecule has 6 heteroatoms. The molecule has 0 aliphatic carbocycles. The summed E-state index contributed by atoms with van der Waals surface area (Å²) in [6, 6.07) is 21.3. The minimum Gasteiger partial charge on any atom is -0.372 e. The van der Waals surface area contributed by atoms with E-state index in [1.54, 1.807) is 6.07 Å². The SMILES string of the molecule is CCN(CC)c1ccc(NC(=O)c2ccc(N(CC)c3ccccc3)nn2)cc1. The molecule has 150 valence electrons. The summed E-state index contributed by atoms with van der Waals surface area (Å²) in [6.07, 6.45) is 0. The van der Waals surface area contributed by atoms with Gasteiger partial charge in [0.2, 0.25) is 0 Å². The first-order chi connectivity index (χ1) is 14.2. The number of rotatable bonds is 8. The zero-order chi connectivity index (χ0) is 20.6. The van der Waals surface area contributed by atoms with Crippen molar-refractivity contribution < 1.29 is 4.79 Å². The molecular formula is C23H27N5O. The minimum atomic E-state index is -0.276. The van der Waals surface area contributed by atoms with Gasteiger partial charge in [-0.25, -0.2) is 0 Å². The monoisotopic (exact) mass is 389 g/mol. The molecule has 0 unspecified atom stereocenters. The maximum atomic E-state index is 12.5. The first-order valence-electron chi connectivity index (χ1n) is 9.98. The Morgan fingerprint density at radius 3 is 2.03 bits per heavy atom. The number of para-hydroxylation sites is 1. The summed E-state index contributed by atoms with van der Waals surface area (Å²) in [5.41, 5.74) is 3.19. The van der Waals surface area contributed by atoms with E-state index in [2.05, 4.69) is 41.2 Å². The molecule has 29 heavy (non-hydrogen) atoms. The fourth-order valence-corrected chi connectivity index (χ4v) is 3.21. The fourth-order valence-electron chi connectivity index (χ4n) is 3.21. The van der Waals surface area contributed by atoms with Crippen LogP contribution in [-0.4, -0.2) is 35.7 Å². The third kappa shape index (κ3) is 4.90. The van der Waals surface area contributed by atoms with E-state index in [-0.39, 0.29) is 11.6 Å². The van der Waals surface area contributed by atoms with Crippen LogP contribution < -0.4 is 15.1 Å². The largest absolute Gasteiger partial charge is 0.372 e. The van der Waals surface area contributed by atoms with Crippen LogP contribution in [0.4, 0.5) is 22.9 Å². The van der Waals surface area contributed by atoms with Crippen LogP contribution in [0.25, 0.3) is 0 Å². The molecule has 3 aromatic rings. The number of nitrogens with one attached hydrogen (secondary N) is 1. The maximum absolute atomic E-state index is 12.5. The van der Waals surface area contributed by atoms with Crippen molar-refractivity contribution in [2.24, 2.45) is 0 Å². The number of nitrogens with zero attached hydrogens (tertiary/aromatic N) is 4. The zero-order valence-electron chi connectivity index (χ0n) is 17.2. The van der Waals surface area contributed by atoms with Crippen LogP contribution in [0.15, 0.2) is 66.7 Å². The van der Waals surface area contributed by atoms with E-state index >= 15 is 0 Å². The summed E-state index contributed by atoms with van der Waals surface area (Å²) in [5.74, 6) is 0.432. The first-order valence-corrected chi connectivity index (χ1v) is 9.98. The third-order valence-corrected chi connectivity index (χ3v) is 4.80. The van der Waals surface area contributed by atoms with E-state index in [1.165, 1.54) is 0 Å². The molecule has 0 saturated heterocycles. The molecule has 1 aromatic heterocycles. The summed E-state index contributed by atoms with van der Waals surface area (Å²) in [4.78, 5) is 16.8. The average molecular weight is 390 g/mol. The number of carbonyl (C=O) groups is 1. The van der Waals surface area contributed by atoms with Gasteiger partial charge in [-0.1, -0.05) is 18.2 Å². The van der Waals surface area contributed by atoms with Crippen molar-refractivity contribution in [1.29, 1.82) is 0 Å². The highest BCUT2D eigenvalue weighted by Gasteiger charge is 2.13. The Morgan fingerprint density at radius 1 is 0.793 bits per heavy atom. The second-order valence-corrected chi connectivity index (χ2v) is 6.53. The predicted molar refractivity (Wildman–Crippen MR) is 119 cm³/mol. The summed E-state index contributed by atoms with van der Waals surface area (Å²) < 4.78 is 0. The van der Waals surface area contributed by atoms with E-state index in [4.69, 9.17) is 0 Å². The lowest BCUT2D eigenvalue weighted by atomic mass is 10.2. The highest BCUT2D eigenvalue weighted by molar-refractivity contribution is 6.02. The van der Waals surface area contributed by atoms with Gasteiger partial charge in [0.05, 0.1) is 0 Å². The number of anilines is 4. The van der Waals surface area contributed by atoms with Gasteiger partial charge in [-0.2, -0.15) is 0 Å². The summed E-state index contributed by atoms with van der Waals surface area (Å²) in [6.45, 7) is 8.95. The van der Waals surface area contributed by atoms with Crippen LogP contribution >= 0.6 is 0 Å². The molecule has 1 amide bonds. The van der Waals surface area contributed by atoms with Crippen LogP contribution in [0.3, 0.4) is 0 Å². The average Bonchev–Trinajstić information content (AvgIpc) is 2.77. The van der Waals surface area contributed by atoms with Crippen LogP contribution in [0.1, 0.15) is 31.3 Å². The normalized spacial score (nSPS) is 10.4. The maximum Gasteiger partial charge on any atom is 0.276 e. The van der Waals surface area contributed by atoms with Gasteiger partial charge in [-0.05, 0) is 69.3 Å². The molecule has 0 atom stereocenters. The van der Waals surface area contributed by atoms with Gasteiger partial charge in [0.15, 0.2) is 11.5 Å². The van der Waals surface area contributed by atoms with Crippen LogP contribution in [0, 0.1) is 0 Å². The zero-order valence-corrected chi connectivity index (χ0v) is 17.2. The first kappa shape index (κ1) is 20.3. The number of carbonyl (C=O) groups excluding carboxylic acids is 1. The molecule has 0 aliphatic rings. The smallest absolute Gasteiger partial charge is 0.276 e. The topological polar surface area (TPSA) is 61.4 Å². The van der Waals surface area contributed by atoms with E-state index in [9.17, 15) is 4.79 Å². The highest BCUT2D eigenvalue weighted by Crippen LogP contribution is 2.22. The molecule has 3 rings (SSSR count). The Hall–Kier alpha value is -3.41. The molecule has 1 heterocycles. The van der Waals surface area contributed by atoms with Gasteiger partial charge in [0.25, 0.3) is 5.91 Å². The summed E-state index contributed by atoms with van der Waals surface area (Å²) >= 11 is 0. The molecule has 0 spiro atoms. The summed E-state index contributed by atoms with van der Waals surface area (Å²) in [5, 5.41) is 11.3. The van der Waals surface area contributed by atoms with Crippen molar-refractivity contribution in [3.8, 4) is 0 Å². The molecule has 0 aliphatic heterocycles. The second kappa shape index (κ2) is 9.68. The van der Waals surface area contributed by atoms with E-state index in [0.717, 1.165) is 36.7 Å². The Labute approximate surface area is 172 Å². The Bertz CT molecular complexity index is 906. The number of amides is 1. The standard InChI is InChI=1S/C23H27N5O/c1-4-27(5-2)19-14-12-18(13-15-19)24-23(29)21-16-17-22(26-25-21)28(6-3)20-10-8-7-9-11-20/h7-17H,4-6H2,1-3H3,(H,24,29). The Balaban J connectivity index is 1.69. The quantitative estimate of drug-likeness (QED) is 0.603. The van der Waals surface area contributed by atoms with Crippen molar-refractivity contribution in [1.82, 2.24) is 10.2 Å². The number of hydrogen-bond donors (Lipinski definition) is 1. The molecular weight excluding hydrogens is 362 g/mol. The Morgan fingerprint density at radius 2 is 1.48 bits per heavy atom. The van der Waals surface area contributed by atoms with Crippen molar-refractivity contribution in [2.45, 2.75) is 20.8 Å². The fraction of sp³-hybridized carbons (Fsp3) is 0.261. The number of hydrogen-bond acceptors (Lipinski definition) is 5. The second-order valence-electron chi connectivity index (χ2n) is 6.53. The lowest BCUT2D eigenvalue weighted by molar-refractivity contribution is 0.102. The lowest BCUT2D eigenvalue weighted by Gasteiger charge is -2.21. The van der Waals surface area contributed by atoms with Gasteiger partial charge in [0.1, 0.15) is 0 Å². The molecule has 1 N–H and O–H groups in total. The molecule has 0 bridgehead atoms. The highest BCUT2D eigenvalue weighted by atomic mass is 16.1. The Kier molecular flexibility index (Phi) is 6.79. The number of benzene rings is 2. The van der Waals surface area contributed by atoms with Crippen molar-refractivity contribution in [3.05, 3.63) is 72.4 Å². The third-order valence-electron chi connectivity index (χ3n) is 4.80. The van der Waals surface area contributed by atoms with E-state index < -0.39 is 0 Å². The van der Waals surface area contributed by atoms with Gasteiger partial charge in [-0.15, -0.1) is 10.2 Å². The van der Waals surface area contributed by atoms with Crippen molar-refractivity contribution >= 4 is 28.8 Å². The van der Waals surface area contributed by atoms with Gasteiger partial charge in [-0.3, -0.25) is 4.79 Å². The van der Waals surface area contributed by atoms with E-state index in [0.29, 0.717) is 5.82 Å². The molecule has 0 saturated carbocycles. The lowest BCUT2D eigenvalue weighted by Crippen LogP contribution is -2.21. The molecule has 6 nitrogen and oxygen atoms in total. The van der Waals surface area contributed by atoms with Crippen molar-refractivity contribution in [2.75, 3.05) is 34.8 Å². The molecule has 0 radical (unpaired) electrons. The van der Waals surface area contributed by atoms with Crippen LogP contribution in [0.2, 0.25) is 0 Å². The molecule has 2 aromatic carbocycles. The van der Waals surface area contributed by atoms with Gasteiger partial charge in [0, 0.05) is 36.7 Å². The van der Waals surface area contributed by atoms with Gasteiger partial charge < -0.3 is 15.1 Å². The van der Waals surface area contributed by atoms with Gasteiger partial charge >= 0.3 is 0 Å². The van der Waals surface area contributed by atoms with E-state index in [1.807, 2.05) is 65.6 Å². The minimum absolute atomic E-state index is 0.276.